The van der Waals surface area contributed by atoms with Gasteiger partial charge < -0.3 is 11.1 Å². The van der Waals surface area contributed by atoms with Crippen molar-refractivity contribution in [3.63, 3.8) is 0 Å². The fourth-order valence-corrected chi connectivity index (χ4v) is 3.11. The number of unbranched alkanes of at least 4 members (excludes halogenated alkanes) is 1. The van der Waals surface area contributed by atoms with Crippen molar-refractivity contribution in [2.45, 2.75) is 33.1 Å². The van der Waals surface area contributed by atoms with E-state index in [2.05, 4.69) is 27.3 Å². The lowest BCUT2D eigenvalue weighted by Gasteiger charge is -2.12. The Bertz CT molecular complexity index is 949. The number of carbonyl (C=O) groups is 1. The predicted octanol–water partition coefficient (Wildman–Crippen LogP) is 3.12. The lowest BCUT2D eigenvalue weighted by Crippen LogP contribution is -2.14. The molecule has 3 heterocycles. The highest BCUT2D eigenvalue weighted by atomic mass is 16.1. The first kappa shape index (κ1) is 18.6. The molecule has 0 spiro atoms. The third kappa shape index (κ3) is 3.67. The van der Waals surface area contributed by atoms with Crippen molar-refractivity contribution in [1.29, 1.82) is 0 Å². The van der Waals surface area contributed by atoms with E-state index in [-0.39, 0.29) is 0 Å². The number of carbonyl (C=O) groups excluding carboxylic acids is 1. The van der Waals surface area contributed by atoms with E-state index in [9.17, 15) is 4.79 Å². The van der Waals surface area contributed by atoms with Crippen LogP contribution in [-0.4, -0.2) is 32.7 Å². The Morgan fingerprint density at radius 3 is 2.74 bits per heavy atom. The van der Waals surface area contributed by atoms with Crippen molar-refractivity contribution in [3.8, 4) is 17.1 Å². The zero-order chi connectivity index (χ0) is 19.4. The maximum absolute atomic E-state index is 12.1. The summed E-state index contributed by atoms with van der Waals surface area (Å²) in [6, 6.07) is 5.76. The first-order valence-corrected chi connectivity index (χ1v) is 9.03. The number of nitrogens with zero attached hydrogens (tertiary/aromatic N) is 4. The highest BCUT2D eigenvalue weighted by Crippen LogP contribution is 2.32. The molecule has 0 fully saturated rings. The van der Waals surface area contributed by atoms with Crippen molar-refractivity contribution < 1.29 is 4.79 Å². The molecule has 0 unspecified atom stereocenters. The van der Waals surface area contributed by atoms with Gasteiger partial charge >= 0.3 is 0 Å². The Morgan fingerprint density at radius 1 is 1.33 bits per heavy atom. The second-order valence-electron chi connectivity index (χ2n) is 6.41. The van der Waals surface area contributed by atoms with Crippen LogP contribution in [-0.2, 0) is 6.42 Å². The second kappa shape index (κ2) is 7.99. The molecule has 0 aromatic carbocycles. The van der Waals surface area contributed by atoms with Crippen molar-refractivity contribution in [3.05, 3.63) is 53.6 Å². The number of hydrogen-bond acceptors (Lipinski definition) is 5. The third-order valence-electron chi connectivity index (χ3n) is 4.48. The van der Waals surface area contributed by atoms with Crippen LogP contribution in [0, 0.1) is 6.92 Å². The second-order valence-corrected chi connectivity index (χ2v) is 6.41. The summed E-state index contributed by atoms with van der Waals surface area (Å²) in [6.45, 7) is 4.11. The van der Waals surface area contributed by atoms with Gasteiger partial charge in [-0.2, -0.15) is 5.10 Å². The molecule has 0 aliphatic carbocycles. The van der Waals surface area contributed by atoms with E-state index < -0.39 is 5.91 Å². The molecule has 0 atom stereocenters. The van der Waals surface area contributed by atoms with E-state index in [0.29, 0.717) is 12.1 Å². The van der Waals surface area contributed by atoms with Crippen LogP contribution in [0.3, 0.4) is 0 Å². The average Bonchev–Trinajstić information content (AvgIpc) is 3.06. The SMILES string of the molecule is CCCCc1c(C(N)=O)nn(-c2cccnc2)c1-c1ncc(NC)cc1C. The lowest BCUT2D eigenvalue weighted by atomic mass is 10.0. The molecular weight excluding hydrogens is 340 g/mol. The van der Waals surface area contributed by atoms with Crippen LogP contribution in [0.25, 0.3) is 17.1 Å². The van der Waals surface area contributed by atoms with Crippen LogP contribution in [0.1, 0.15) is 41.4 Å². The van der Waals surface area contributed by atoms with Gasteiger partial charge in [-0.3, -0.25) is 14.8 Å². The molecule has 7 heteroatoms. The summed E-state index contributed by atoms with van der Waals surface area (Å²) in [5.41, 5.74) is 11.0. The van der Waals surface area contributed by atoms with Crippen LogP contribution >= 0.6 is 0 Å². The van der Waals surface area contributed by atoms with Crippen molar-refractivity contribution >= 4 is 11.6 Å². The molecule has 3 aromatic heterocycles. The van der Waals surface area contributed by atoms with Crippen LogP contribution in [0.5, 0.6) is 0 Å². The van der Waals surface area contributed by atoms with E-state index in [1.165, 1.54) is 0 Å². The van der Waals surface area contributed by atoms with E-state index >= 15 is 0 Å². The van der Waals surface area contributed by atoms with E-state index in [4.69, 9.17) is 5.73 Å². The molecule has 0 aliphatic rings. The summed E-state index contributed by atoms with van der Waals surface area (Å²) in [5.74, 6) is -0.533. The summed E-state index contributed by atoms with van der Waals surface area (Å²) in [4.78, 5) is 20.9. The van der Waals surface area contributed by atoms with Crippen LogP contribution in [0.15, 0.2) is 36.8 Å². The number of rotatable bonds is 7. The van der Waals surface area contributed by atoms with Crippen molar-refractivity contribution in [2.24, 2.45) is 5.73 Å². The first-order valence-electron chi connectivity index (χ1n) is 9.03. The van der Waals surface area contributed by atoms with Gasteiger partial charge in [-0.15, -0.1) is 0 Å². The Balaban J connectivity index is 2.30. The van der Waals surface area contributed by atoms with Gasteiger partial charge in [-0.25, -0.2) is 4.68 Å². The smallest absolute Gasteiger partial charge is 0.269 e. The monoisotopic (exact) mass is 364 g/mol. The Hall–Kier alpha value is -3.22. The molecule has 27 heavy (non-hydrogen) atoms. The maximum atomic E-state index is 12.1. The van der Waals surface area contributed by atoms with E-state index in [1.807, 2.05) is 32.2 Å². The fraction of sp³-hybridized carbons (Fsp3) is 0.300. The highest BCUT2D eigenvalue weighted by molar-refractivity contribution is 5.94. The molecule has 7 nitrogen and oxygen atoms in total. The number of aryl methyl sites for hydroxylation is 1. The van der Waals surface area contributed by atoms with E-state index in [0.717, 1.165) is 46.7 Å². The van der Waals surface area contributed by atoms with Gasteiger partial charge in [0.1, 0.15) is 0 Å². The van der Waals surface area contributed by atoms with Crippen molar-refractivity contribution in [2.75, 3.05) is 12.4 Å². The molecule has 3 rings (SSSR count). The molecule has 0 bridgehead atoms. The van der Waals surface area contributed by atoms with Crippen LogP contribution in [0.4, 0.5) is 5.69 Å². The van der Waals surface area contributed by atoms with Gasteiger partial charge in [0.25, 0.3) is 5.91 Å². The summed E-state index contributed by atoms with van der Waals surface area (Å²) in [7, 11) is 1.86. The van der Waals surface area contributed by atoms with Gasteiger partial charge in [0.05, 0.1) is 35.2 Å². The zero-order valence-corrected chi connectivity index (χ0v) is 15.9. The number of anilines is 1. The van der Waals surface area contributed by atoms with Gasteiger partial charge in [0.15, 0.2) is 5.69 Å². The molecule has 0 saturated carbocycles. The summed E-state index contributed by atoms with van der Waals surface area (Å²) >= 11 is 0. The quantitative estimate of drug-likeness (QED) is 0.671. The number of amides is 1. The largest absolute Gasteiger partial charge is 0.387 e. The molecule has 0 aliphatic heterocycles. The summed E-state index contributed by atoms with van der Waals surface area (Å²) < 4.78 is 1.73. The minimum absolute atomic E-state index is 0.293. The van der Waals surface area contributed by atoms with Gasteiger partial charge in [-0.05, 0) is 43.5 Å². The van der Waals surface area contributed by atoms with Gasteiger partial charge in [0, 0.05) is 18.8 Å². The lowest BCUT2D eigenvalue weighted by molar-refractivity contribution is 0.0994. The molecule has 0 radical (unpaired) electrons. The number of primary amides is 1. The minimum atomic E-state index is -0.533. The third-order valence-corrected chi connectivity index (χ3v) is 4.48. The maximum Gasteiger partial charge on any atom is 0.269 e. The first-order chi connectivity index (χ1) is 13.1. The molecule has 140 valence electrons. The number of aromatic nitrogens is 4. The highest BCUT2D eigenvalue weighted by Gasteiger charge is 2.25. The number of nitrogens with two attached hydrogens (primary N) is 1. The van der Waals surface area contributed by atoms with Gasteiger partial charge in [-0.1, -0.05) is 13.3 Å². The van der Waals surface area contributed by atoms with E-state index in [1.54, 1.807) is 23.3 Å². The zero-order valence-electron chi connectivity index (χ0n) is 15.9. The minimum Gasteiger partial charge on any atom is -0.387 e. The van der Waals surface area contributed by atoms with Crippen LogP contribution < -0.4 is 11.1 Å². The Labute approximate surface area is 158 Å². The molecule has 1 amide bonds. The predicted molar refractivity (Wildman–Crippen MR) is 106 cm³/mol. The number of pyridine rings is 2. The Morgan fingerprint density at radius 2 is 2.15 bits per heavy atom. The topological polar surface area (TPSA) is 98.7 Å². The van der Waals surface area contributed by atoms with Gasteiger partial charge in [0.2, 0.25) is 0 Å². The standard InChI is InChI=1S/C20H24N6O/c1-4-5-8-16-18(20(21)27)25-26(15-7-6-9-23-12-15)19(16)17-13(2)10-14(22-3)11-24-17/h6-7,9-12,22H,4-5,8H2,1-3H3,(H2,21,27). The average molecular weight is 364 g/mol. The normalized spacial score (nSPS) is 10.8. The molecule has 3 aromatic rings. The fourth-order valence-electron chi connectivity index (χ4n) is 3.11. The summed E-state index contributed by atoms with van der Waals surface area (Å²) in [6.07, 6.45) is 7.82. The Kier molecular flexibility index (Phi) is 5.49. The van der Waals surface area contributed by atoms with Crippen molar-refractivity contribution in [1.82, 2.24) is 19.7 Å². The molecule has 0 saturated heterocycles. The number of nitrogens with one attached hydrogen (secondary N) is 1. The molecular formula is C20H24N6O. The van der Waals surface area contributed by atoms with Crippen LogP contribution in [0.2, 0.25) is 0 Å². The summed E-state index contributed by atoms with van der Waals surface area (Å²) in [5, 5.41) is 7.64. The number of hydrogen-bond donors (Lipinski definition) is 2. The molecule has 3 N–H and O–H groups in total.